The van der Waals surface area contributed by atoms with Crippen LogP contribution in [0.5, 0.6) is 0 Å². The minimum absolute atomic E-state index is 0.413. The molecule has 0 aromatic carbocycles. The molecule has 0 saturated heterocycles. The number of hydrogen-bond acceptors (Lipinski definition) is 5. The number of anilines is 1. The van der Waals surface area contributed by atoms with Crippen LogP contribution in [0.2, 0.25) is 0 Å². The molecule has 0 unspecified atom stereocenters. The molecule has 0 radical (unpaired) electrons. The Kier molecular flexibility index (Phi) is 4.69. The molecule has 0 aliphatic heterocycles. The van der Waals surface area contributed by atoms with Gasteiger partial charge >= 0.3 is 18.0 Å². The molecule has 2 rings (SSSR count). The molecule has 130 valence electrons. The molecule has 0 aliphatic rings. The van der Waals surface area contributed by atoms with E-state index < -0.39 is 34.6 Å². The van der Waals surface area contributed by atoms with Crippen LogP contribution in [0.3, 0.4) is 0 Å². The lowest BCUT2D eigenvalue weighted by atomic mass is 10.1. The molecule has 0 saturated carbocycles. The van der Waals surface area contributed by atoms with Gasteiger partial charge in [-0.1, -0.05) is 0 Å². The third kappa shape index (κ3) is 3.42. The van der Waals surface area contributed by atoms with E-state index in [-0.39, 0.29) is 0 Å². The lowest BCUT2D eigenvalue weighted by Crippen LogP contribution is -2.72. The number of amides is 1. The van der Waals surface area contributed by atoms with Gasteiger partial charge in [-0.25, -0.2) is 4.98 Å². The Balaban J connectivity index is 2.47. The van der Waals surface area contributed by atoms with Crippen LogP contribution in [0.15, 0.2) is 36.1 Å². The average Bonchev–Trinajstić information content (AvgIpc) is 2.98. The minimum Gasteiger partial charge on any atom is -0.324 e. The number of rotatable bonds is 4. The first-order chi connectivity index (χ1) is 11.1. The van der Waals surface area contributed by atoms with E-state index in [1.165, 1.54) is 10.7 Å². The molecule has 2 N–H and O–H groups in total. The lowest BCUT2D eigenvalue weighted by molar-refractivity contribution is -0.294. The van der Waals surface area contributed by atoms with Crippen molar-refractivity contribution in [3.05, 3.63) is 41.7 Å². The van der Waals surface area contributed by atoms with Gasteiger partial charge in [-0.15, -0.1) is 11.3 Å². The van der Waals surface area contributed by atoms with Crippen LogP contribution in [0, 0.1) is 0 Å². The number of halogens is 6. The Morgan fingerprint density at radius 2 is 1.58 bits per heavy atom. The van der Waals surface area contributed by atoms with Crippen LogP contribution in [-0.4, -0.2) is 33.9 Å². The number of nitrogens with zero attached hydrogens (tertiary/aromatic N) is 2. The first-order valence-corrected chi connectivity index (χ1v) is 6.98. The molecule has 0 atom stereocenters. The van der Waals surface area contributed by atoms with Gasteiger partial charge in [0.25, 0.3) is 5.91 Å². The van der Waals surface area contributed by atoms with Crippen molar-refractivity contribution in [2.75, 3.05) is 5.32 Å². The summed E-state index contributed by atoms with van der Waals surface area (Å²) < 4.78 is 79.8. The highest BCUT2D eigenvalue weighted by Crippen LogP contribution is 2.43. The zero-order valence-electron chi connectivity index (χ0n) is 11.4. The first kappa shape index (κ1) is 18.0. The SMILES string of the molecule is O=C(NC(Nc1nccs1)(C(F)(F)F)C(F)(F)F)c1ccncc1. The molecule has 0 fully saturated rings. The van der Waals surface area contributed by atoms with Gasteiger partial charge in [0.05, 0.1) is 0 Å². The number of thiazole rings is 1. The molecule has 24 heavy (non-hydrogen) atoms. The second kappa shape index (κ2) is 6.26. The van der Waals surface area contributed by atoms with Gasteiger partial charge < -0.3 is 10.6 Å². The fourth-order valence-corrected chi connectivity index (χ4v) is 2.25. The van der Waals surface area contributed by atoms with Crippen LogP contribution in [0.4, 0.5) is 31.5 Å². The molecular weight excluding hydrogens is 362 g/mol. The van der Waals surface area contributed by atoms with Gasteiger partial charge in [-0.3, -0.25) is 9.78 Å². The summed E-state index contributed by atoms with van der Waals surface area (Å²) in [6.45, 7) is 0. The van der Waals surface area contributed by atoms with Gasteiger partial charge in [0.15, 0.2) is 5.13 Å². The van der Waals surface area contributed by atoms with Crippen LogP contribution in [0.25, 0.3) is 0 Å². The summed E-state index contributed by atoms with van der Waals surface area (Å²) in [4.78, 5) is 18.8. The second-order valence-electron chi connectivity index (χ2n) is 4.40. The normalized spacial score (nSPS) is 12.8. The quantitative estimate of drug-likeness (QED) is 0.641. The highest BCUT2D eigenvalue weighted by Gasteiger charge is 2.73. The van der Waals surface area contributed by atoms with Gasteiger partial charge in [-0.05, 0) is 12.1 Å². The van der Waals surface area contributed by atoms with Crippen molar-refractivity contribution < 1.29 is 31.1 Å². The summed E-state index contributed by atoms with van der Waals surface area (Å²) in [6, 6.07) is 1.96. The molecule has 12 heteroatoms. The molecule has 2 heterocycles. The van der Waals surface area contributed by atoms with E-state index in [4.69, 9.17) is 0 Å². The minimum atomic E-state index is -5.89. The largest absolute Gasteiger partial charge is 0.439 e. The molecular formula is C12H8F6N4OS. The van der Waals surface area contributed by atoms with E-state index in [0.717, 1.165) is 36.0 Å². The van der Waals surface area contributed by atoms with Crippen molar-refractivity contribution >= 4 is 22.4 Å². The second-order valence-corrected chi connectivity index (χ2v) is 5.29. The van der Waals surface area contributed by atoms with Crippen molar-refractivity contribution in [3.8, 4) is 0 Å². The van der Waals surface area contributed by atoms with E-state index in [1.54, 1.807) is 0 Å². The van der Waals surface area contributed by atoms with Crippen LogP contribution < -0.4 is 10.6 Å². The Bertz CT molecular complexity index is 672. The highest BCUT2D eigenvalue weighted by molar-refractivity contribution is 7.13. The summed E-state index contributed by atoms with van der Waals surface area (Å²) in [5.74, 6) is -1.57. The van der Waals surface area contributed by atoms with Crippen LogP contribution in [-0.2, 0) is 0 Å². The molecule has 0 spiro atoms. The zero-order valence-corrected chi connectivity index (χ0v) is 12.3. The topological polar surface area (TPSA) is 66.9 Å². The number of alkyl halides is 6. The van der Waals surface area contributed by atoms with Crippen molar-refractivity contribution in [2.24, 2.45) is 0 Å². The summed E-state index contributed by atoms with van der Waals surface area (Å²) in [5.41, 5.74) is -5.11. The average molecular weight is 370 g/mol. The highest BCUT2D eigenvalue weighted by atomic mass is 32.1. The van der Waals surface area contributed by atoms with Gasteiger partial charge in [-0.2, -0.15) is 26.3 Å². The van der Waals surface area contributed by atoms with E-state index in [2.05, 4.69) is 9.97 Å². The summed E-state index contributed by atoms with van der Waals surface area (Å²) in [7, 11) is 0. The fraction of sp³-hybridized carbons (Fsp3) is 0.250. The molecule has 0 aliphatic carbocycles. The Labute approximate surface area is 134 Å². The monoisotopic (exact) mass is 370 g/mol. The summed E-state index contributed by atoms with van der Waals surface area (Å²) >= 11 is 0.521. The van der Waals surface area contributed by atoms with Gasteiger partial charge in [0.1, 0.15) is 0 Å². The Morgan fingerprint density at radius 3 is 2.04 bits per heavy atom. The Hall–Kier alpha value is -2.37. The predicted molar refractivity (Wildman–Crippen MR) is 72.3 cm³/mol. The van der Waals surface area contributed by atoms with E-state index >= 15 is 0 Å². The molecule has 2 aromatic heterocycles. The van der Waals surface area contributed by atoms with Gasteiger partial charge in [0, 0.05) is 29.5 Å². The lowest BCUT2D eigenvalue weighted by Gasteiger charge is -2.38. The molecule has 1 amide bonds. The zero-order chi connectivity index (χ0) is 18.0. The van der Waals surface area contributed by atoms with Crippen LogP contribution in [0.1, 0.15) is 10.4 Å². The third-order valence-corrected chi connectivity index (χ3v) is 3.51. The number of carbonyl (C=O) groups is 1. The number of hydrogen-bond donors (Lipinski definition) is 2. The number of nitrogens with one attached hydrogen (secondary N) is 2. The maximum atomic E-state index is 13.3. The maximum Gasteiger partial charge on any atom is 0.439 e. The van der Waals surface area contributed by atoms with E-state index in [0.29, 0.717) is 11.3 Å². The predicted octanol–water partition coefficient (Wildman–Crippen LogP) is 3.20. The first-order valence-electron chi connectivity index (χ1n) is 6.10. The van der Waals surface area contributed by atoms with Crippen molar-refractivity contribution in [1.82, 2.24) is 15.3 Å². The van der Waals surface area contributed by atoms with Crippen LogP contribution >= 0.6 is 11.3 Å². The molecule has 5 nitrogen and oxygen atoms in total. The van der Waals surface area contributed by atoms with E-state index in [1.807, 2.05) is 0 Å². The van der Waals surface area contributed by atoms with Crippen molar-refractivity contribution in [1.29, 1.82) is 0 Å². The maximum absolute atomic E-state index is 13.3. The molecule has 2 aromatic rings. The van der Waals surface area contributed by atoms with Gasteiger partial charge in [0.2, 0.25) is 0 Å². The fourth-order valence-electron chi connectivity index (χ4n) is 1.67. The molecule has 0 bridgehead atoms. The van der Waals surface area contributed by atoms with Crippen molar-refractivity contribution in [2.45, 2.75) is 18.0 Å². The smallest absolute Gasteiger partial charge is 0.324 e. The summed E-state index contributed by atoms with van der Waals surface area (Å²) in [5, 5.41) is 2.80. The van der Waals surface area contributed by atoms with Crippen molar-refractivity contribution in [3.63, 3.8) is 0 Å². The number of pyridine rings is 1. The Morgan fingerprint density at radius 1 is 1.00 bits per heavy atom. The number of aromatic nitrogens is 2. The standard InChI is InChI=1S/C12H8F6N4OS/c13-11(14,15)10(12(16,17)18,22-9-20-5-6-24-9)21-8(23)7-1-3-19-4-2-7/h1-6H,(H,20,22)(H,21,23). The number of carbonyl (C=O) groups excluding carboxylic acids is 1. The van der Waals surface area contributed by atoms with E-state index in [9.17, 15) is 31.1 Å². The summed E-state index contributed by atoms with van der Waals surface area (Å²) in [6.07, 6.45) is -8.63. The third-order valence-electron chi connectivity index (χ3n) is 2.82.